The molecule has 3 rings (SSSR count). The third-order valence-electron chi connectivity index (χ3n) is 4.04. The van der Waals surface area contributed by atoms with Crippen LogP contribution in [0.5, 0.6) is 0 Å². The van der Waals surface area contributed by atoms with Crippen molar-refractivity contribution in [2.24, 2.45) is 5.92 Å². The Morgan fingerprint density at radius 1 is 1.13 bits per heavy atom. The molecule has 4 nitrogen and oxygen atoms in total. The molecule has 1 aromatic heterocycles. The van der Waals surface area contributed by atoms with Crippen LogP contribution in [0.2, 0.25) is 5.02 Å². The molecular weight excluding hydrogens is 354 g/mol. The molecule has 7 heteroatoms. The quantitative estimate of drug-likeness (QED) is 0.772. The fraction of sp³-hybridized carbons (Fsp3) is 0.312. The number of hydrogen-bond acceptors (Lipinski definition) is 4. The summed E-state index contributed by atoms with van der Waals surface area (Å²) in [6, 6.07) is 9.85. The smallest absolute Gasteiger partial charge is 0.243 e. The minimum atomic E-state index is -3.52. The summed E-state index contributed by atoms with van der Waals surface area (Å²) < 4.78 is 26.7. The number of benzene rings is 1. The van der Waals surface area contributed by atoms with Crippen LogP contribution in [-0.2, 0) is 10.0 Å². The van der Waals surface area contributed by atoms with Crippen molar-refractivity contribution in [1.82, 2.24) is 4.31 Å². The monoisotopic (exact) mass is 369 g/mol. The second-order valence-corrected chi connectivity index (χ2v) is 8.80. The molecular formula is C16H16ClNO3S2. The Bertz CT molecular complexity index is 777. The molecule has 1 aliphatic rings. The van der Waals surface area contributed by atoms with Crippen LogP contribution in [0, 0.1) is 5.92 Å². The summed E-state index contributed by atoms with van der Waals surface area (Å²) in [5, 5.41) is 2.39. The fourth-order valence-corrected chi connectivity index (χ4v) is 5.07. The minimum absolute atomic E-state index is 0.0923. The van der Waals surface area contributed by atoms with Gasteiger partial charge in [-0.2, -0.15) is 4.31 Å². The molecule has 23 heavy (non-hydrogen) atoms. The number of thiophene rings is 1. The second-order valence-electron chi connectivity index (χ2n) is 5.47. The first kappa shape index (κ1) is 16.6. The van der Waals surface area contributed by atoms with Crippen molar-refractivity contribution in [2.75, 3.05) is 13.1 Å². The Kier molecular flexibility index (Phi) is 4.87. The first-order valence-electron chi connectivity index (χ1n) is 7.32. The van der Waals surface area contributed by atoms with Crippen LogP contribution < -0.4 is 0 Å². The van der Waals surface area contributed by atoms with E-state index >= 15 is 0 Å². The van der Waals surface area contributed by atoms with Crippen molar-refractivity contribution < 1.29 is 13.2 Å². The molecule has 0 radical (unpaired) electrons. The molecule has 122 valence electrons. The summed E-state index contributed by atoms with van der Waals surface area (Å²) >= 11 is 7.24. The highest BCUT2D eigenvalue weighted by atomic mass is 35.5. The first-order valence-corrected chi connectivity index (χ1v) is 10.0. The van der Waals surface area contributed by atoms with Gasteiger partial charge in [0.1, 0.15) is 0 Å². The molecule has 1 fully saturated rings. The van der Waals surface area contributed by atoms with E-state index < -0.39 is 10.0 Å². The van der Waals surface area contributed by atoms with Gasteiger partial charge in [-0.25, -0.2) is 8.42 Å². The number of carbonyl (C=O) groups excluding carboxylic acids is 1. The summed E-state index contributed by atoms with van der Waals surface area (Å²) in [6.45, 7) is 0.736. The number of Topliss-reactive ketones (excluding diaryl/α,β-unsaturated/α-hetero) is 1. The van der Waals surface area contributed by atoms with Crippen LogP contribution in [0.1, 0.15) is 22.5 Å². The molecule has 2 heterocycles. The van der Waals surface area contributed by atoms with Crippen LogP contribution in [0.15, 0.2) is 46.7 Å². The zero-order chi connectivity index (χ0) is 16.4. The zero-order valence-electron chi connectivity index (χ0n) is 12.3. The van der Waals surface area contributed by atoms with Gasteiger partial charge < -0.3 is 0 Å². The fourth-order valence-electron chi connectivity index (χ4n) is 2.73. The van der Waals surface area contributed by atoms with E-state index in [1.165, 1.54) is 27.8 Å². The van der Waals surface area contributed by atoms with Crippen LogP contribution >= 0.6 is 22.9 Å². The Morgan fingerprint density at radius 3 is 2.35 bits per heavy atom. The predicted molar refractivity (Wildman–Crippen MR) is 91.6 cm³/mol. The van der Waals surface area contributed by atoms with E-state index in [1.807, 2.05) is 17.5 Å². The van der Waals surface area contributed by atoms with Gasteiger partial charge in [0, 0.05) is 24.0 Å². The highest BCUT2D eigenvalue weighted by Gasteiger charge is 2.32. The number of rotatable bonds is 4. The highest BCUT2D eigenvalue weighted by molar-refractivity contribution is 7.89. The molecule has 2 aromatic rings. The largest absolute Gasteiger partial charge is 0.293 e. The topological polar surface area (TPSA) is 54.5 Å². The maximum Gasteiger partial charge on any atom is 0.243 e. The van der Waals surface area contributed by atoms with Gasteiger partial charge in [-0.05, 0) is 48.6 Å². The lowest BCUT2D eigenvalue weighted by Crippen LogP contribution is -2.40. The normalized spacial score (nSPS) is 17.3. The van der Waals surface area contributed by atoms with E-state index in [1.54, 1.807) is 12.1 Å². The SMILES string of the molecule is O=C(c1cccs1)C1CCN(S(=O)(=O)c2ccc(Cl)cc2)CC1. The standard InChI is InChI=1S/C16H16ClNO3S2/c17-13-3-5-14(6-4-13)23(20,21)18-9-7-12(8-10-18)16(19)15-2-1-11-22-15/h1-6,11-12H,7-10H2. The number of nitrogens with zero attached hydrogens (tertiary/aromatic N) is 1. The summed E-state index contributed by atoms with van der Waals surface area (Å²) in [7, 11) is -3.52. The van der Waals surface area contributed by atoms with Crippen molar-refractivity contribution in [1.29, 1.82) is 0 Å². The highest BCUT2D eigenvalue weighted by Crippen LogP contribution is 2.27. The Morgan fingerprint density at radius 2 is 1.78 bits per heavy atom. The van der Waals surface area contributed by atoms with Gasteiger partial charge >= 0.3 is 0 Å². The summed E-state index contributed by atoms with van der Waals surface area (Å²) in [5.74, 6) is 0.0360. The van der Waals surface area contributed by atoms with Crippen LogP contribution in [0.3, 0.4) is 0 Å². The molecule has 1 aromatic carbocycles. The lowest BCUT2D eigenvalue weighted by Gasteiger charge is -2.30. The Hall–Kier alpha value is -1.21. The number of carbonyl (C=O) groups is 1. The Labute approximate surface area is 144 Å². The molecule has 1 saturated heterocycles. The van der Waals surface area contributed by atoms with Crippen molar-refractivity contribution in [3.63, 3.8) is 0 Å². The van der Waals surface area contributed by atoms with Crippen LogP contribution in [0.4, 0.5) is 0 Å². The molecule has 0 spiro atoms. The van der Waals surface area contributed by atoms with E-state index in [2.05, 4.69) is 0 Å². The number of piperidine rings is 1. The predicted octanol–water partition coefficient (Wildman–Crippen LogP) is 3.69. The van der Waals surface area contributed by atoms with Gasteiger partial charge in [-0.15, -0.1) is 11.3 Å². The van der Waals surface area contributed by atoms with Gasteiger partial charge in [0.25, 0.3) is 0 Å². The third kappa shape index (κ3) is 3.50. The van der Waals surface area contributed by atoms with Crippen molar-refractivity contribution in [2.45, 2.75) is 17.7 Å². The first-order chi connectivity index (χ1) is 11.0. The number of hydrogen-bond donors (Lipinski definition) is 0. The Balaban J connectivity index is 1.69. The molecule has 0 atom stereocenters. The van der Waals surface area contributed by atoms with E-state index in [0.717, 1.165) is 4.88 Å². The zero-order valence-corrected chi connectivity index (χ0v) is 14.7. The van der Waals surface area contributed by atoms with E-state index in [4.69, 9.17) is 11.6 Å². The number of sulfonamides is 1. The molecule has 0 bridgehead atoms. The van der Waals surface area contributed by atoms with Crippen molar-refractivity contribution >= 4 is 38.7 Å². The van der Waals surface area contributed by atoms with E-state index in [9.17, 15) is 13.2 Å². The van der Waals surface area contributed by atoms with Crippen molar-refractivity contribution in [3.8, 4) is 0 Å². The van der Waals surface area contributed by atoms with Gasteiger partial charge in [0.15, 0.2) is 5.78 Å². The van der Waals surface area contributed by atoms with Crippen molar-refractivity contribution in [3.05, 3.63) is 51.7 Å². The lowest BCUT2D eigenvalue weighted by atomic mass is 9.93. The average molecular weight is 370 g/mol. The molecule has 0 aliphatic carbocycles. The van der Waals surface area contributed by atoms with E-state index in [-0.39, 0.29) is 16.6 Å². The maximum absolute atomic E-state index is 12.6. The molecule has 0 saturated carbocycles. The van der Waals surface area contributed by atoms with Crippen LogP contribution in [0.25, 0.3) is 0 Å². The van der Waals surface area contributed by atoms with Gasteiger partial charge in [0.05, 0.1) is 9.77 Å². The second kappa shape index (κ2) is 6.73. The van der Waals surface area contributed by atoms with Gasteiger partial charge in [-0.1, -0.05) is 17.7 Å². The molecule has 0 amide bonds. The molecule has 1 aliphatic heterocycles. The maximum atomic E-state index is 12.6. The third-order valence-corrected chi connectivity index (χ3v) is 7.09. The van der Waals surface area contributed by atoms with E-state index in [0.29, 0.717) is 31.0 Å². The summed E-state index contributed by atoms with van der Waals surface area (Å²) in [4.78, 5) is 13.3. The summed E-state index contributed by atoms with van der Waals surface area (Å²) in [6.07, 6.45) is 1.12. The number of ketones is 1. The summed E-state index contributed by atoms with van der Waals surface area (Å²) in [5.41, 5.74) is 0. The molecule has 0 N–H and O–H groups in total. The van der Waals surface area contributed by atoms with Gasteiger partial charge in [0.2, 0.25) is 10.0 Å². The average Bonchev–Trinajstić information content (AvgIpc) is 3.09. The van der Waals surface area contributed by atoms with Gasteiger partial charge in [-0.3, -0.25) is 4.79 Å². The lowest BCUT2D eigenvalue weighted by molar-refractivity contribution is 0.0879. The minimum Gasteiger partial charge on any atom is -0.293 e. The van der Waals surface area contributed by atoms with Crippen LogP contribution in [-0.4, -0.2) is 31.6 Å². The molecule has 0 unspecified atom stereocenters. The number of halogens is 1.